The molecule has 0 N–H and O–H groups in total. The minimum Gasteiger partial charge on any atom is -0.497 e. The predicted octanol–water partition coefficient (Wildman–Crippen LogP) is 3.82. The maximum Gasteiger partial charge on any atom is 0.150 e. The fraction of sp³-hybridized carbons (Fsp3) is 0.0625. The fourth-order valence-electron chi connectivity index (χ4n) is 1.70. The first-order chi connectivity index (χ1) is 9.22. The van der Waals surface area contributed by atoms with Gasteiger partial charge in [0, 0.05) is 5.56 Å². The Kier molecular flexibility index (Phi) is 4.08. The van der Waals surface area contributed by atoms with Crippen LogP contribution in [0.3, 0.4) is 0 Å². The average Bonchev–Trinajstić information content (AvgIpc) is 2.46. The van der Waals surface area contributed by atoms with E-state index in [1.807, 2.05) is 30.3 Å². The van der Waals surface area contributed by atoms with Gasteiger partial charge in [-0.15, -0.1) is 0 Å². The highest BCUT2D eigenvalue weighted by Crippen LogP contribution is 2.16. The highest BCUT2D eigenvalue weighted by Gasteiger charge is 2.00. The zero-order chi connectivity index (χ0) is 13.7. The first kappa shape index (κ1) is 13.0. The van der Waals surface area contributed by atoms with Crippen LogP contribution < -0.4 is 4.74 Å². The van der Waals surface area contributed by atoms with E-state index in [0.29, 0.717) is 17.4 Å². The Labute approximate surface area is 111 Å². The topological polar surface area (TPSA) is 26.3 Å². The summed E-state index contributed by atoms with van der Waals surface area (Å²) >= 11 is 0. The third-order valence-electron chi connectivity index (χ3n) is 2.75. The smallest absolute Gasteiger partial charge is 0.150 e. The van der Waals surface area contributed by atoms with Crippen molar-refractivity contribution >= 4 is 18.4 Å². The van der Waals surface area contributed by atoms with Gasteiger partial charge in [0.2, 0.25) is 0 Å². The SMILES string of the molecule is COc1ccc(C=Cc2ccc(F)cc2C=O)cc1. The maximum atomic E-state index is 13.0. The van der Waals surface area contributed by atoms with E-state index in [1.54, 1.807) is 19.3 Å². The summed E-state index contributed by atoms with van der Waals surface area (Å²) in [5.74, 6) is 0.371. The van der Waals surface area contributed by atoms with Gasteiger partial charge in [-0.25, -0.2) is 4.39 Å². The molecule has 0 saturated heterocycles. The van der Waals surface area contributed by atoms with Crippen molar-refractivity contribution < 1.29 is 13.9 Å². The average molecular weight is 256 g/mol. The Morgan fingerprint density at radius 2 is 1.74 bits per heavy atom. The summed E-state index contributed by atoms with van der Waals surface area (Å²) < 4.78 is 18.1. The van der Waals surface area contributed by atoms with Crippen molar-refractivity contribution in [2.24, 2.45) is 0 Å². The molecule has 0 aliphatic carbocycles. The number of halogens is 1. The normalized spacial score (nSPS) is 10.6. The number of aldehydes is 1. The molecule has 0 bridgehead atoms. The minimum atomic E-state index is -0.413. The van der Waals surface area contributed by atoms with Crippen molar-refractivity contribution in [1.29, 1.82) is 0 Å². The second-order valence-electron chi connectivity index (χ2n) is 4.00. The Bertz CT molecular complexity index is 601. The van der Waals surface area contributed by atoms with Crippen LogP contribution in [0.4, 0.5) is 4.39 Å². The van der Waals surface area contributed by atoms with Crippen LogP contribution in [0.2, 0.25) is 0 Å². The van der Waals surface area contributed by atoms with Crippen LogP contribution in [-0.4, -0.2) is 13.4 Å². The van der Waals surface area contributed by atoms with Crippen molar-refractivity contribution in [3.8, 4) is 5.75 Å². The molecule has 3 heteroatoms. The Balaban J connectivity index is 2.24. The molecule has 0 aliphatic rings. The fourth-order valence-corrected chi connectivity index (χ4v) is 1.70. The van der Waals surface area contributed by atoms with Gasteiger partial charge in [-0.1, -0.05) is 30.4 Å². The Morgan fingerprint density at radius 3 is 2.37 bits per heavy atom. The molecule has 19 heavy (non-hydrogen) atoms. The second kappa shape index (κ2) is 5.96. The van der Waals surface area contributed by atoms with Crippen LogP contribution in [0, 0.1) is 5.82 Å². The monoisotopic (exact) mass is 256 g/mol. The third kappa shape index (κ3) is 3.28. The highest BCUT2D eigenvalue weighted by atomic mass is 19.1. The highest BCUT2D eigenvalue weighted by molar-refractivity contribution is 5.84. The molecule has 2 aromatic carbocycles. The lowest BCUT2D eigenvalue weighted by molar-refractivity contribution is 0.112. The van der Waals surface area contributed by atoms with Crippen LogP contribution >= 0.6 is 0 Å². The lowest BCUT2D eigenvalue weighted by atomic mass is 10.1. The molecule has 0 aromatic heterocycles. The van der Waals surface area contributed by atoms with Crippen LogP contribution in [0.25, 0.3) is 12.2 Å². The molecule has 2 aromatic rings. The second-order valence-corrected chi connectivity index (χ2v) is 4.00. The van der Waals surface area contributed by atoms with E-state index >= 15 is 0 Å². The molecule has 0 spiro atoms. The quantitative estimate of drug-likeness (QED) is 0.614. The van der Waals surface area contributed by atoms with E-state index in [4.69, 9.17) is 4.74 Å². The van der Waals surface area contributed by atoms with Gasteiger partial charge >= 0.3 is 0 Å². The number of rotatable bonds is 4. The summed E-state index contributed by atoms with van der Waals surface area (Å²) in [6.45, 7) is 0. The molecule has 0 unspecified atom stereocenters. The van der Waals surface area contributed by atoms with Crippen LogP contribution in [0.1, 0.15) is 21.5 Å². The molecular weight excluding hydrogens is 243 g/mol. The van der Waals surface area contributed by atoms with Crippen molar-refractivity contribution in [3.63, 3.8) is 0 Å². The van der Waals surface area contributed by atoms with Gasteiger partial charge in [0.1, 0.15) is 11.6 Å². The summed E-state index contributed by atoms with van der Waals surface area (Å²) in [7, 11) is 1.61. The maximum absolute atomic E-state index is 13.0. The van der Waals surface area contributed by atoms with Crippen LogP contribution in [0.15, 0.2) is 42.5 Å². The molecule has 2 nitrogen and oxygen atoms in total. The summed E-state index contributed by atoms with van der Waals surface area (Å²) in [4.78, 5) is 10.9. The summed E-state index contributed by atoms with van der Waals surface area (Å²) in [5, 5.41) is 0. The van der Waals surface area contributed by atoms with Gasteiger partial charge in [-0.05, 0) is 35.4 Å². The number of methoxy groups -OCH3 is 1. The van der Waals surface area contributed by atoms with E-state index in [2.05, 4.69) is 0 Å². The van der Waals surface area contributed by atoms with E-state index < -0.39 is 5.82 Å². The van der Waals surface area contributed by atoms with Crippen molar-refractivity contribution in [2.75, 3.05) is 7.11 Å². The first-order valence-corrected chi connectivity index (χ1v) is 5.80. The zero-order valence-corrected chi connectivity index (χ0v) is 10.5. The van der Waals surface area contributed by atoms with E-state index in [9.17, 15) is 9.18 Å². The third-order valence-corrected chi connectivity index (χ3v) is 2.75. The Hall–Kier alpha value is -2.42. The number of ether oxygens (including phenoxy) is 1. The molecule has 2 rings (SSSR count). The molecule has 0 radical (unpaired) electrons. The van der Waals surface area contributed by atoms with E-state index in [1.165, 1.54) is 12.1 Å². The van der Waals surface area contributed by atoms with Gasteiger partial charge < -0.3 is 4.74 Å². The van der Waals surface area contributed by atoms with E-state index in [-0.39, 0.29) is 0 Å². The van der Waals surface area contributed by atoms with Gasteiger partial charge in [0.05, 0.1) is 7.11 Å². The predicted molar refractivity (Wildman–Crippen MR) is 73.7 cm³/mol. The molecule has 0 aliphatic heterocycles. The first-order valence-electron chi connectivity index (χ1n) is 5.80. The minimum absolute atomic E-state index is 0.338. The van der Waals surface area contributed by atoms with Gasteiger partial charge in [-0.2, -0.15) is 0 Å². The number of benzene rings is 2. The Morgan fingerprint density at radius 1 is 1.00 bits per heavy atom. The standard InChI is InChI=1S/C16H13FO2/c1-19-16-8-3-12(4-9-16)2-5-13-6-7-15(17)10-14(13)11-18/h2-11H,1H3. The van der Waals surface area contributed by atoms with Crippen molar-refractivity contribution in [3.05, 3.63) is 65.0 Å². The molecule has 0 atom stereocenters. The molecule has 0 saturated carbocycles. The molecule has 0 amide bonds. The molecular formula is C16H13FO2. The van der Waals surface area contributed by atoms with Gasteiger partial charge in [-0.3, -0.25) is 4.79 Å². The van der Waals surface area contributed by atoms with Gasteiger partial charge in [0.15, 0.2) is 6.29 Å². The molecule has 0 fully saturated rings. The van der Waals surface area contributed by atoms with Crippen LogP contribution in [-0.2, 0) is 0 Å². The summed E-state index contributed by atoms with van der Waals surface area (Å²) in [6.07, 6.45) is 4.29. The number of carbonyl (C=O) groups is 1. The number of carbonyl (C=O) groups excluding carboxylic acids is 1. The number of hydrogen-bond donors (Lipinski definition) is 0. The van der Waals surface area contributed by atoms with Gasteiger partial charge in [0.25, 0.3) is 0 Å². The lowest BCUT2D eigenvalue weighted by Crippen LogP contribution is -1.87. The molecule has 0 heterocycles. The van der Waals surface area contributed by atoms with Crippen molar-refractivity contribution in [1.82, 2.24) is 0 Å². The van der Waals surface area contributed by atoms with E-state index in [0.717, 1.165) is 11.3 Å². The summed E-state index contributed by atoms with van der Waals surface area (Å²) in [5.41, 5.74) is 2.00. The van der Waals surface area contributed by atoms with Crippen molar-refractivity contribution in [2.45, 2.75) is 0 Å². The lowest BCUT2D eigenvalue weighted by Gasteiger charge is -2.01. The van der Waals surface area contributed by atoms with Crippen LogP contribution in [0.5, 0.6) is 5.75 Å². The molecule has 96 valence electrons. The number of hydrogen-bond acceptors (Lipinski definition) is 2. The largest absolute Gasteiger partial charge is 0.497 e. The summed E-state index contributed by atoms with van der Waals surface area (Å²) in [6, 6.07) is 11.6. The zero-order valence-electron chi connectivity index (χ0n) is 10.5.